The highest BCUT2D eigenvalue weighted by Crippen LogP contribution is 2.30. The molecule has 0 saturated heterocycles. The van der Waals surface area contributed by atoms with Crippen molar-refractivity contribution in [3.05, 3.63) is 58.3 Å². The molecule has 1 N–H and O–H groups in total. The fourth-order valence-electron chi connectivity index (χ4n) is 2.98. The summed E-state index contributed by atoms with van der Waals surface area (Å²) in [5.74, 6) is 1.13. The van der Waals surface area contributed by atoms with Gasteiger partial charge < -0.3 is 10.2 Å². The summed E-state index contributed by atoms with van der Waals surface area (Å²) < 4.78 is 0. The van der Waals surface area contributed by atoms with Crippen LogP contribution in [0.2, 0.25) is 0 Å². The predicted molar refractivity (Wildman–Crippen MR) is 82.8 cm³/mol. The monoisotopic (exact) mass is 267 g/mol. The van der Waals surface area contributed by atoms with Crippen LogP contribution >= 0.6 is 0 Å². The number of hydrogen-bond donors (Lipinski definition) is 1. The molecule has 1 aliphatic heterocycles. The summed E-state index contributed by atoms with van der Waals surface area (Å²) >= 11 is 0. The molecule has 3 heteroatoms. The highest BCUT2D eigenvalue weighted by Gasteiger charge is 2.22. The number of rotatable bonds is 3. The number of nitrogens with one attached hydrogen (secondary N) is 1. The van der Waals surface area contributed by atoms with Gasteiger partial charge in [0.1, 0.15) is 5.82 Å². The summed E-state index contributed by atoms with van der Waals surface area (Å²) in [5, 5.41) is 3.26. The first-order valence-corrected chi connectivity index (χ1v) is 7.12. The Labute approximate surface area is 120 Å². The highest BCUT2D eigenvalue weighted by atomic mass is 15.2. The number of anilines is 1. The number of aromatic nitrogens is 1. The van der Waals surface area contributed by atoms with Crippen LogP contribution in [0.5, 0.6) is 0 Å². The summed E-state index contributed by atoms with van der Waals surface area (Å²) in [6.07, 6.45) is 0. The lowest BCUT2D eigenvalue weighted by atomic mass is 10.1. The normalized spacial score (nSPS) is 13.7. The van der Waals surface area contributed by atoms with E-state index >= 15 is 0 Å². The maximum absolute atomic E-state index is 4.80. The van der Waals surface area contributed by atoms with E-state index in [1.807, 2.05) is 7.05 Å². The number of aryl methyl sites for hydroxylation is 2. The summed E-state index contributed by atoms with van der Waals surface area (Å²) in [6, 6.07) is 10.8. The van der Waals surface area contributed by atoms with Gasteiger partial charge in [0.15, 0.2) is 0 Å². The van der Waals surface area contributed by atoms with Gasteiger partial charge in [0.05, 0.1) is 0 Å². The van der Waals surface area contributed by atoms with Crippen LogP contribution in [0.4, 0.5) is 5.82 Å². The Morgan fingerprint density at radius 2 is 1.80 bits per heavy atom. The van der Waals surface area contributed by atoms with Gasteiger partial charge in [0.2, 0.25) is 0 Å². The standard InChI is InChI=1S/C17H21N3/c1-12-8-13(2)19-17(16(12)9-18-3)20-10-14-6-4-5-7-15(14)11-20/h4-8,18H,9-11H2,1-3H3. The molecule has 104 valence electrons. The van der Waals surface area contributed by atoms with Crippen LogP contribution in [0.1, 0.15) is 27.9 Å². The van der Waals surface area contributed by atoms with E-state index in [1.165, 1.54) is 22.3 Å². The van der Waals surface area contributed by atoms with Crippen molar-refractivity contribution in [2.45, 2.75) is 33.5 Å². The Hall–Kier alpha value is -1.87. The van der Waals surface area contributed by atoms with Gasteiger partial charge in [-0.3, -0.25) is 0 Å². The first kappa shape index (κ1) is 13.1. The zero-order valence-electron chi connectivity index (χ0n) is 12.4. The van der Waals surface area contributed by atoms with E-state index in [-0.39, 0.29) is 0 Å². The summed E-state index contributed by atoms with van der Waals surface area (Å²) in [6.45, 7) is 7.03. The van der Waals surface area contributed by atoms with Gasteiger partial charge in [0, 0.05) is 30.9 Å². The Balaban J connectivity index is 1.99. The minimum atomic E-state index is 0.862. The van der Waals surface area contributed by atoms with Crippen molar-refractivity contribution in [3.63, 3.8) is 0 Å². The summed E-state index contributed by atoms with van der Waals surface area (Å²) in [7, 11) is 1.99. The molecule has 0 bridgehead atoms. The molecule has 0 spiro atoms. The van der Waals surface area contributed by atoms with Crippen molar-refractivity contribution < 1.29 is 0 Å². The third kappa shape index (κ3) is 2.29. The Morgan fingerprint density at radius 3 is 2.40 bits per heavy atom. The quantitative estimate of drug-likeness (QED) is 0.926. The summed E-state index contributed by atoms with van der Waals surface area (Å²) in [4.78, 5) is 7.19. The van der Waals surface area contributed by atoms with Crippen molar-refractivity contribution in [2.24, 2.45) is 0 Å². The molecule has 20 heavy (non-hydrogen) atoms. The highest BCUT2D eigenvalue weighted by molar-refractivity contribution is 5.55. The Bertz CT molecular complexity index is 609. The van der Waals surface area contributed by atoms with Crippen LogP contribution in [-0.2, 0) is 19.6 Å². The number of hydrogen-bond acceptors (Lipinski definition) is 3. The fourth-order valence-corrected chi connectivity index (χ4v) is 2.98. The molecule has 0 radical (unpaired) electrons. The Morgan fingerprint density at radius 1 is 1.15 bits per heavy atom. The SMILES string of the molecule is CNCc1c(C)cc(C)nc1N1Cc2ccccc2C1. The smallest absolute Gasteiger partial charge is 0.134 e. The molecule has 0 fully saturated rings. The zero-order chi connectivity index (χ0) is 14.1. The number of pyridine rings is 1. The second kappa shape index (κ2) is 5.25. The van der Waals surface area contributed by atoms with Gasteiger partial charge in [-0.05, 0) is 43.7 Å². The minimum Gasteiger partial charge on any atom is -0.348 e. The van der Waals surface area contributed by atoms with E-state index in [2.05, 4.69) is 54.4 Å². The van der Waals surface area contributed by atoms with Crippen molar-refractivity contribution in [3.8, 4) is 0 Å². The lowest BCUT2D eigenvalue weighted by Gasteiger charge is -2.22. The van der Waals surface area contributed by atoms with E-state index in [0.29, 0.717) is 0 Å². The van der Waals surface area contributed by atoms with Gasteiger partial charge in [-0.1, -0.05) is 24.3 Å². The van der Waals surface area contributed by atoms with Gasteiger partial charge in [-0.15, -0.1) is 0 Å². The molecule has 0 unspecified atom stereocenters. The first-order chi connectivity index (χ1) is 9.69. The molecule has 2 aromatic rings. The molecule has 2 heterocycles. The molecule has 0 amide bonds. The summed E-state index contributed by atoms with van der Waals surface area (Å²) in [5.41, 5.74) is 6.56. The molecule has 1 aliphatic rings. The van der Waals surface area contributed by atoms with Crippen LogP contribution in [0.15, 0.2) is 30.3 Å². The van der Waals surface area contributed by atoms with E-state index in [1.54, 1.807) is 0 Å². The lowest BCUT2D eigenvalue weighted by Crippen LogP contribution is -2.21. The van der Waals surface area contributed by atoms with Crippen molar-refractivity contribution in [2.75, 3.05) is 11.9 Å². The molecule has 1 aromatic heterocycles. The Kier molecular flexibility index (Phi) is 3.45. The van der Waals surface area contributed by atoms with Crippen LogP contribution < -0.4 is 10.2 Å². The molecule has 3 nitrogen and oxygen atoms in total. The van der Waals surface area contributed by atoms with Gasteiger partial charge >= 0.3 is 0 Å². The van der Waals surface area contributed by atoms with Crippen molar-refractivity contribution in [1.82, 2.24) is 10.3 Å². The van der Waals surface area contributed by atoms with Gasteiger partial charge in [0.25, 0.3) is 0 Å². The lowest BCUT2D eigenvalue weighted by molar-refractivity contribution is 0.776. The number of benzene rings is 1. The van der Waals surface area contributed by atoms with E-state index in [9.17, 15) is 0 Å². The molecule has 0 aliphatic carbocycles. The molecular formula is C17H21N3. The van der Waals surface area contributed by atoms with E-state index in [0.717, 1.165) is 31.1 Å². The van der Waals surface area contributed by atoms with Gasteiger partial charge in [-0.25, -0.2) is 4.98 Å². The van der Waals surface area contributed by atoms with Gasteiger partial charge in [-0.2, -0.15) is 0 Å². The molecule has 1 aromatic carbocycles. The predicted octanol–water partition coefficient (Wildman–Crippen LogP) is 2.94. The van der Waals surface area contributed by atoms with Crippen molar-refractivity contribution in [1.29, 1.82) is 0 Å². The average molecular weight is 267 g/mol. The maximum Gasteiger partial charge on any atom is 0.134 e. The average Bonchev–Trinajstić information content (AvgIpc) is 2.85. The molecule has 3 rings (SSSR count). The largest absolute Gasteiger partial charge is 0.348 e. The number of nitrogens with zero attached hydrogens (tertiary/aromatic N) is 2. The molecular weight excluding hydrogens is 246 g/mol. The minimum absolute atomic E-state index is 0.862. The van der Waals surface area contributed by atoms with Crippen molar-refractivity contribution >= 4 is 5.82 Å². The topological polar surface area (TPSA) is 28.2 Å². The van der Waals surface area contributed by atoms with E-state index < -0.39 is 0 Å². The molecule has 0 atom stereocenters. The molecule has 0 saturated carbocycles. The number of fused-ring (bicyclic) bond motifs is 1. The van der Waals surface area contributed by atoms with E-state index in [4.69, 9.17) is 4.98 Å². The fraction of sp³-hybridized carbons (Fsp3) is 0.353. The van der Waals surface area contributed by atoms with Crippen LogP contribution in [0, 0.1) is 13.8 Å². The van der Waals surface area contributed by atoms with Crippen LogP contribution in [0.25, 0.3) is 0 Å². The second-order valence-corrected chi connectivity index (χ2v) is 5.54. The van der Waals surface area contributed by atoms with Crippen LogP contribution in [0.3, 0.4) is 0 Å². The second-order valence-electron chi connectivity index (χ2n) is 5.54. The maximum atomic E-state index is 4.80. The zero-order valence-corrected chi connectivity index (χ0v) is 12.4. The van der Waals surface area contributed by atoms with Crippen LogP contribution in [-0.4, -0.2) is 12.0 Å². The third-order valence-corrected chi connectivity index (χ3v) is 3.95. The first-order valence-electron chi connectivity index (χ1n) is 7.12. The third-order valence-electron chi connectivity index (χ3n) is 3.95.